The van der Waals surface area contributed by atoms with Crippen molar-refractivity contribution in [3.63, 3.8) is 0 Å². The molecule has 0 spiro atoms. The average Bonchev–Trinajstić information content (AvgIpc) is 2.41. The van der Waals surface area contributed by atoms with Gasteiger partial charge < -0.3 is 4.74 Å². The van der Waals surface area contributed by atoms with Crippen molar-refractivity contribution in [2.45, 2.75) is 39.7 Å². The number of fused-ring (bicyclic) bond motifs is 2. The molecule has 3 aliphatic carbocycles. The third-order valence-electron chi connectivity index (χ3n) is 5.56. The molecule has 2 nitrogen and oxygen atoms in total. The van der Waals surface area contributed by atoms with E-state index in [1.54, 1.807) is 0 Å². The fourth-order valence-electron chi connectivity index (χ4n) is 4.04. The van der Waals surface area contributed by atoms with E-state index in [1.165, 1.54) is 12.8 Å². The lowest BCUT2D eigenvalue weighted by Crippen LogP contribution is -2.57. The summed E-state index contributed by atoms with van der Waals surface area (Å²) in [5.74, 6) is 3.14. The van der Waals surface area contributed by atoms with Gasteiger partial charge in [-0.15, -0.1) is 0 Å². The van der Waals surface area contributed by atoms with Crippen molar-refractivity contribution in [1.29, 1.82) is 5.26 Å². The van der Waals surface area contributed by atoms with Crippen LogP contribution in [0.1, 0.15) is 39.2 Å². The highest BCUT2D eigenvalue weighted by molar-refractivity contribution is 5.34. The summed E-state index contributed by atoms with van der Waals surface area (Å²) in [6.45, 7) is 7.14. The molecular formula is C17H21NO. The molecule has 3 fully saturated rings. The molecule has 1 aromatic carbocycles. The SMILES string of the molecule is C[C@@H]1[C@H](Oc2ccc(C#N)cc2)C[C@H]2C[C@@H]1C2(C)C. The maximum Gasteiger partial charge on any atom is 0.119 e. The van der Waals surface area contributed by atoms with E-state index in [0.29, 0.717) is 23.0 Å². The molecule has 0 N–H and O–H groups in total. The second kappa shape index (κ2) is 4.27. The van der Waals surface area contributed by atoms with Gasteiger partial charge in [0.15, 0.2) is 0 Å². The van der Waals surface area contributed by atoms with Crippen LogP contribution in [0.4, 0.5) is 0 Å². The van der Waals surface area contributed by atoms with E-state index in [9.17, 15) is 0 Å². The second-order valence-corrected chi connectivity index (χ2v) is 6.75. The number of benzene rings is 1. The van der Waals surface area contributed by atoms with Crippen LogP contribution in [0.15, 0.2) is 24.3 Å². The summed E-state index contributed by atoms with van der Waals surface area (Å²) in [5, 5.41) is 8.80. The molecule has 4 rings (SSSR count). The summed E-state index contributed by atoms with van der Waals surface area (Å²) in [4.78, 5) is 0. The Bertz CT molecular complexity index is 511. The Hall–Kier alpha value is -1.49. The molecular weight excluding hydrogens is 234 g/mol. The van der Waals surface area contributed by atoms with Gasteiger partial charge in [0.1, 0.15) is 11.9 Å². The molecule has 0 unspecified atom stereocenters. The van der Waals surface area contributed by atoms with Crippen molar-refractivity contribution in [3.05, 3.63) is 29.8 Å². The summed E-state index contributed by atoms with van der Waals surface area (Å²) >= 11 is 0. The zero-order chi connectivity index (χ0) is 13.6. The molecule has 0 aliphatic heterocycles. The Morgan fingerprint density at radius 3 is 2.42 bits per heavy atom. The highest BCUT2D eigenvalue weighted by Crippen LogP contribution is 2.61. The highest BCUT2D eigenvalue weighted by atomic mass is 16.5. The molecule has 19 heavy (non-hydrogen) atoms. The molecule has 3 aliphatic rings. The zero-order valence-corrected chi connectivity index (χ0v) is 11.9. The number of nitrogens with zero attached hydrogens (tertiary/aromatic N) is 1. The Kier molecular flexibility index (Phi) is 2.82. The van der Waals surface area contributed by atoms with Crippen molar-refractivity contribution in [2.24, 2.45) is 23.2 Å². The van der Waals surface area contributed by atoms with Gasteiger partial charge in [-0.3, -0.25) is 0 Å². The standard InChI is InChI=1S/C17H21NO/c1-11-15-8-13(17(15,2)3)9-16(11)19-14-6-4-12(10-18)5-7-14/h4-7,11,13,15-16H,8-9H2,1-3H3/t11-,13+,15-,16+/m0/s1. The van der Waals surface area contributed by atoms with Crippen LogP contribution in [0.2, 0.25) is 0 Å². The van der Waals surface area contributed by atoms with Crippen LogP contribution in [0, 0.1) is 34.5 Å². The minimum Gasteiger partial charge on any atom is -0.490 e. The maximum atomic E-state index is 8.80. The Morgan fingerprint density at radius 2 is 1.89 bits per heavy atom. The third kappa shape index (κ3) is 1.92. The van der Waals surface area contributed by atoms with Crippen molar-refractivity contribution in [2.75, 3.05) is 0 Å². The lowest BCUT2D eigenvalue weighted by Gasteiger charge is -2.61. The van der Waals surface area contributed by atoms with Crippen molar-refractivity contribution in [3.8, 4) is 11.8 Å². The lowest BCUT2D eigenvalue weighted by atomic mass is 9.45. The first-order chi connectivity index (χ1) is 9.02. The molecule has 0 amide bonds. The van der Waals surface area contributed by atoms with Gasteiger partial charge in [-0.05, 0) is 60.3 Å². The van der Waals surface area contributed by atoms with Crippen LogP contribution in [0.3, 0.4) is 0 Å². The van der Waals surface area contributed by atoms with E-state index in [0.717, 1.165) is 17.6 Å². The van der Waals surface area contributed by atoms with Crippen molar-refractivity contribution in [1.82, 2.24) is 0 Å². The quantitative estimate of drug-likeness (QED) is 0.800. The van der Waals surface area contributed by atoms with Gasteiger partial charge >= 0.3 is 0 Å². The van der Waals surface area contributed by atoms with E-state index in [2.05, 4.69) is 26.8 Å². The highest BCUT2D eigenvalue weighted by Gasteiger charge is 2.56. The summed E-state index contributed by atoms with van der Waals surface area (Å²) in [5.41, 5.74) is 1.19. The van der Waals surface area contributed by atoms with Crippen molar-refractivity contribution < 1.29 is 4.74 Å². The van der Waals surface area contributed by atoms with Gasteiger partial charge in [0, 0.05) is 0 Å². The van der Waals surface area contributed by atoms with Gasteiger partial charge in [0.2, 0.25) is 0 Å². The average molecular weight is 255 g/mol. The van der Waals surface area contributed by atoms with Crippen LogP contribution in [-0.4, -0.2) is 6.10 Å². The molecule has 2 heteroatoms. The molecule has 0 saturated heterocycles. The Morgan fingerprint density at radius 1 is 1.21 bits per heavy atom. The fraction of sp³-hybridized carbons (Fsp3) is 0.588. The molecule has 0 heterocycles. The smallest absolute Gasteiger partial charge is 0.119 e. The minimum absolute atomic E-state index is 0.338. The van der Waals surface area contributed by atoms with E-state index in [1.807, 2.05) is 24.3 Å². The lowest BCUT2D eigenvalue weighted by molar-refractivity contribution is -0.147. The minimum atomic E-state index is 0.338. The Balaban J connectivity index is 1.70. The normalized spacial score (nSPS) is 35.1. The van der Waals surface area contributed by atoms with E-state index < -0.39 is 0 Å². The molecule has 100 valence electrons. The first-order valence-corrected chi connectivity index (χ1v) is 7.19. The topological polar surface area (TPSA) is 33.0 Å². The zero-order valence-electron chi connectivity index (χ0n) is 11.9. The Labute approximate surface area is 115 Å². The molecule has 4 atom stereocenters. The maximum absolute atomic E-state index is 8.80. The second-order valence-electron chi connectivity index (χ2n) is 6.75. The fourth-order valence-corrected chi connectivity index (χ4v) is 4.04. The number of hydrogen-bond donors (Lipinski definition) is 0. The monoisotopic (exact) mass is 255 g/mol. The van der Waals surface area contributed by atoms with Gasteiger partial charge in [0.05, 0.1) is 11.6 Å². The van der Waals surface area contributed by atoms with Gasteiger partial charge in [0.25, 0.3) is 0 Å². The van der Waals surface area contributed by atoms with Gasteiger partial charge in [-0.25, -0.2) is 0 Å². The first kappa shape index (κ1) is 12.5. The summed E-state index contributed by atoms with van der Waals surface area (Å²) in [6.07, 6.45) is 2.89. The largest absolute Gasteiger partial charge is 0.490 e. The van der Waals surface area contributed by atoms with Crippen LogP contribution >= 0.6 is 0 Å². The predicted molar refractivity (Wildman–Crippen MR) is 74.7 cm³/mol. The van der Waals surface area contributed by atoms with Crippen LogP contribution in [-0.2, 0) is 0 Å². The predicted octanol–water partition coefficient (Wildman–Crippen LogP) is 4.01. The van der Waals surface area contributed by atoms with E-state index >= 15 is 0 Å². The number of nitriles is 1. The van der Waals surface area contributed by atoms with Crippen molar-refractivity contribution >= 4 is 0 Å². The first-order valence-electron chi connectivity index (χ1n) is 7.19. The van der Waals surface area contributed by atoms with E-state index in [-0.39, 0.29) is 0 Å². The van der Waals surface area contributed by atoms with Crippen LogP contribution in [0.5, 0.6) is 5.75 Å². The number of ether oxygens (including phenoxy) is 1. The van der Waals surface area contributed by atoms with Gasteiger partial charge in [-0.1, -0.05) is 20.8 Å². The third-order valence-corrected chi connectivity index (χ3v) is 5.56. The molecule has 0 aromatic heterocycles. The van der Waals surface area contributed by atoms with E-state index in [4.69, 9.17) is 10.00 Å². The molecule has 0 radical (unpaired) electrons. The van der Waals surface area contributed by atoms with Gasteiger partial charge in [-0.2, -0.15) is 5.26 Å². The van der Waals surface area contributed by atoms with Crippen LogP contribution < -0.4 is 4.74 Å². The number of hydrogen-bond acceptors (Lipinski definition) is 2. The molecule has 3 saturated carbocycles. The summed E-state index contributed by atoms with van der Waals surface area (Å²) in [7, 11) is 0. The van der Waals surface area contributed by atoms with Crippen LogP contribution in [0.25, 0.3) is 0 Å². The summed E-state index contributed by atoms with van der Waals surface area (Å²) in [6, 6.07) is 9.62. The number of rotatable bonds is 2. The molecule has 1 aromatic rings. The summed E-state index contributed by atoms with van der Waals surface area (Å²) < 4.78 is 6.15. The molecule has 2 bridgehead atoms.